The van der Waals surface area contributed by atoms with E-state index in [0.717, 1.165) is 4.90 Å². The molecular formula is C10H14O3S. The lowest BCUT2D eigenvalue weighted by atomic mass is 10.4. The highest BCUT2D eigenvalue weighted by Crippen LogP contribution is 2.34. The van der Waals surface area contributed by atoms with Crippen molar-refractivity contribution in [2.75, 3.05) is 21.3 Å². The van der Waals surface area contributed by atoms with Gasteiger partial charge in [-0.15, -0.1) is 0 Å². The number of benzene rings is 1. The molecule has 0 aliphatic heterocycles. The molecule has 0 atom stereocenters. The highest BCUT2D eigenvalue weighted by Gasteiger charge is 2.31. The second-order valence-electron chi connectivity index (χ2n) is 2.53. The lowest BCUT2D eigenvalue weighted by molar-refractivity contribution is -0.284. The molecule has 0 bridgehead atoms. The Morgan fingerprint density at radius 1 is 0.929 bits per heavy atom. The molecule has 1 aromatic rings. The molecule has 0 saturated carbocycles. The van der Waals surface area contributed by atoms with Crippen molar-refractivity contribution in [3.05, 3.63) is 30.3 Å². The van der Waals surface area contributed by atoms with Gasteiger partial charge in [0.05, 0.1) is 0 Å². The van der Waals surface area contributed by atoms with E-state index in [9.17, 15) is 0 Å². The Balaban J connectivity index is 2.74. The van der Waals surface area contributed by atoms with Crippen molar-refractivity contribution in [3.8, 4) is 0 Å². The Morgan fingerprint density at radius 3 is 1.86 bits per heavy atom. The molecule has 0 spiro atoms. The Morgan fingerprint density at radius 2 is 1.43 bits per heavy atom. The second kappa shape index (κ2) is 5.36. The number of hydrogen-bond donors (Lipinski definition) is 0. The zero-order valence-electron chi connectivity index (χ0n) is 8.52. The molecular weight excluding hydrogens is 200 g/mol. The van der Waals surface area contributed by atoms with E-state index in [0.29, 0.717) is 0 Å². The fourth-order valence-corrected chi connectivity index (χ4v) is 1.84. The van der Waals surface area contributed by atoms with E-state index in [2.05, 4.69) is 0 Å². The number of rotatable bonds is 5. The summed E-state index contributed by atoms with van der Waals surface area (Å²) in [7, 11) is 4.63. The van der Waals surface area contributed by atoms with Gasteiger partial charge < -0.3 is 14.2 Å². The third-order valence-electron chi connectivity index (χ3n) is 1.74. The first-order valence-corrected chi connectivity index (χ1v) is 4.97. The number of methoxy groups -OCH3 is 3. The topological polar surface area (TPSA) is 27.7 Å². The number of hydrogen-bond acceptors (Lipinski definition) is 4. The summed E-state index contributed by atoms with van der Waals surface area (Å²) in [6, 6.07) is 9.80. The molecule has 0 fully saturated rings. The van der Waals surface area contributed by atoms with Crippen molar-refractivity contribution >= 4 is 11.8 Å². The largest absolute Gasteiger partial charge is 0.341 e. The lowest BCUT2D eigenvalue weighted by Crippen LogP contribution is -2.31. The van der Waals surface area contributed by atoms with Crippen molar-refractivity contribution in [2.24, 2.45) is 0 Å². The van der Waals surface area contributed by atoms with Crippen LogP contribution in [0.5, 0.6) is 0 Å². The molecule has 0 aliphatic carbocycles. The summed E-state index contributed by atoms with van der Waals surface area (Å²) in [4.78, 5) is 1.03. The third-order valence-corrected chi connectivity index (χ3v) is 2.99. The third kappa shape index (κ3) is 2.72. The fourth-order valence-electron chi connectivity index (χ4n) is 1.01. The van der Waals surface area contributed by atoms with E-state index >= 15 is 0 Å². The Bertz CT molecular complexity index is 251. The summed E-state index contributed by atoms with van der Waals surface area (Å²) in [5, 5.41) is -1.05. The van der Waals surface area contributed by atoms with Gasteiger partial charge in [0.15, 0.2) is 0 Å². The predicted octanol–water partition coefficient (Wildman–Crippen LogP) is 2.33. The molecule has 0 aromatic heterocycles. The summed E-state index contributed by atoms with van der Waals surface area (Å²) >= 11 is 1.37. The standard InChI is InChI=1S/C10H14O3S/c1-11-10(12-2,13-3)14-9-7-5-4-6-8-9/h4-8H,1-3H3. The molecule has 0 N–H and O–H groups in total. The molecule has 4 heteroatoms. The van der Waals surface area contributed by atoms with Crippen LogP contribution in [-0.4, -0.2) is 26.6 Å². The van der Waals surface area contributed by atoms with Crippen LogP contribution >= 0.6 is 11.8 Å². The maximum absolute atomic E-state index is 5.16. The summed E-state index contributed by atoms with van der Waals surface area (Å²) < 4.78 is 15.5. The minimum absolute atomic E-state index is 1.03. The van der Waals surface area contributed by atoms with Crippen LogP contribution in [0.15, 0.2) is 35.2 Å². The molecule has 0 saturated heterocycles. The number of thioether (sulfide) groups is 1. The van der Waals surface area contributed by atoms with Crippen LogP contribution in [0.3, 0.4) is 0 Å². The second-order valence-corrected chi connectivity index (χ2v) is 3.70. The Labute approximate surface area is 88.4 Å². The molecule has 78 valence electrons. The van der Waals surface area contributed by atoms with E-state index < -0.39 is 5.31 Å². The van der Waals surface area contributed by atoms with Crippen LogP contribution in [0.4, 0.5) is 0 Å². The fraction of sp³-hybridized carbons (Fsp3) is 0.400. The van der Waals surface area contributed by atoms with Crippen LogP contribution in [0.1, 0.15) is 0 Å². The smallest absolute Gasteiger partial charge is 0.322 e. The predicted molar refractivity (Wildman–Crippen MR) is 56.1 cm³/mol. The average Bonchev–Trinajstić information content (AvgIpc) is 2.28. The molecule has 0 unspecified atom stereocenters. The van der Waals surface area contributed by atoms with Gasteiger partial charge in [-0.25, -0.2) is 0 Å². The minimum Gasteiger partial charge on any atom is -0.322 e. The maximum Gasteiger partial charge on any atom is 0.341 e. The van der Waals surface area contributed by atoms with Crippen LogP contribution in [0.2, 0.25) is 0 Å². The Kier molecular flexibility index (Phi) is 4.41. The molecule has 0 amide bonds. The van der Waals surface area contributed by atoms with Crippen molar-refractivity contribution in [2.45, 2.75) is 10.2 Å². The highest BCUT2D eigenvalue weighted by atomic mass is 32.2. The van der Waals surface area contributed by atoms with E-state index in [4.69, 9.17) is 14.2 Å². The van der Waals surface area contributed by atoms with Crippen molar-refractivity contribution in [1.82, 2.24) is 0 Å². The van der Waals surface area contributed by atoms with Crippen molar-refractivity contribution in [1.29, 1.82) is 0 Å². The van der Waals surface area contributed by atoms with Crippen LogP contribution in [-0.2, 0) is 14.2 Å². The number of ether oxygens (including phenoxy) is 3. The lowest BCUT2D eigenvalue weighted by Gasteiger charge is -2.27. The van der Waals surface area contributed by atoms with Gasteiger partial charge in [-0.3, -0.25) is 0 Å². The zero-order chi connectivity index (χ0) is 10.4. The first kappa shape index (κ1) is 11.5. The van der Waals surface area contributed by atoms with Crippen molar-refractivity contribution < 1.29 is 14.2 Å². The Hall–Kier alpha value is -0.550. The van der Waals surface area contributed by atoms with Gasteiger partial charge in [0.25, 0.3) is 0 Å². The molecule has 1 rings (SSSR count). The summed E-state index contributed by atoms with van der Waals surface area (Å²) in [5.74, 6) is 0. The summed E-state index contributed by atoms with van der Waals surface area (Å²) in [6.07, 6.45) is 0. The summed E-state index contributed by atoms with van der Waals surface area (Å²) in [5.41, 5.74) is 0. The van der Waals surface area contributed by atoms with E-state index in [-0.39, 0.29) is 0 Å². The molecule has 0 aliphatic rings. The normalized spacial score (nSPS) is 11.6. The monoisotopic (exact) mass is 214 g/mol. The van der Waals surface area contributed by atoms with Gasteiger partial charge in [-0.1, -0.05) is 18.2 Å². The van der Waals surface area contributed by atoms with Gasteiger partial charge in [0.2, 0.25) is 0 Å². The first-order valence-electron chi connectivity index (χ1n) is 4.16. The molecule has 0 radical (unpaired) electrons. The first-order chi connectivity index (χ1) is 6.76. The maximum atomic E-state index is 5.16. The SMILES string of the molecule is COC(OC)(OC)Sc1ccccc1. The van der Waals surface area contributed by atoms with Gasteiger partial charge in [-0.05, 0) is 23.9 Å². The van der Waals surface area contributed by atoms with E-state index in [1.54, 1.807) is 21.3 Å². The molecule has 3 nitrogen and oxygen atoms in total. The molecule has 0 heterocycles. The minimum atomic E-state index is -1.05. The summed E-state index contributed by atoms with van der Waals surface area (Å²) in [6.45, 7) is 0. The van der Waals surface area contributed by atoms with E-state index in [1.165, 1.54) is 11.8 Å². The van der Waals surface area contributed by atoms with Crippen LogP contribution < -0.4 is 0 Å². The molecule has 1 aromatic carbocycles. The van der Waals surface area contributed by atoms with Crippen LogP contribution in [0.25, 0.3) is 0 Å². The van der Waals surface area contributed by atoms with Gasteiger partial charge in [-0.2, -0.15) is 0 Å². The van der Waals surface area contributed by atoms with Gasteiger partial charge in [0, 0.05) is 26.2 Å². The zero-order valence-corrected chi connectivity index (χ0v) is 9.34. The van der Waals surface area contributed by atoms with E-state index in [1.807, 2.05) is 30.3 Å². The molecule has 14 heavy (non-hydrogen) atoms. The average molecular weight is 214 g/mol. The van der Waals surface area contributed by atoms with Gasteiger partial charge in [0.1, 0.15) is 0 Å². The van der Waals surface area contributed by atoms with Crippen LogP contribution in [0, 0.1) is 0 Å². The van der Waals surface area contributed by atoms with Crippen molar-refractivity contribution in [3.63, 3.8) is 0 Å². The quantitative estimate of drug-likeness (QED) is 0.555. The highest BCUT2D eigenvalue weighted by molar-refractivity contribution is 8.00. The van der Waals surface area contributed by atoms with Gasteiger partial charge >= 0.3 is 5.31 Å².